The van der Waals surface area contributed by atoms with Crippen molar-refractivity contribution in [2.24, 2.45) is 0 Å². The molecular weight excluding hydrogens is 418 g/mol. The third kappa shape index (κ3) is 6.26. The van der Waals surface area contributed by atoms with Crippen LogP contribution in [0.1, 0.15) is 16.7 Å². The summed E-state index contributed by atoms with van der Waals surface area (Å²) < 4.78 is 18.8. The summed E-state index contributed by atoms with van der Waals surface area (Å²) in [5.74, 6) is 0. The molecule has 174 valence electrons. The number of hydrogen-bond acceptors (Lipinski definition) is 6. The van der Waals surface area contributed by atoms with Gasteiger partial charge in [0.05, 0.1) is 33.0 Å². The Labute approximate surface area is 195 Å². The highest BCUT2D eigenvalue weighted by molar-refractivity contribution is 5.16. The van der Waals surface area contributed by atoms with Crippen molar-refractivity contribution in [1.29, 1.82) is 0 Å². The van der Waals surface area contributed by atoms with Crippen LogP contribution in [-0.2, 0) is 38.9 Å². The van der Waals surface area contributed by atoms with Crippen molar-refractivity contribution in [3.05, 3.63) is 108 Å². The van der Waals surface area contributed by atoms with E-state index in [2.05, 4.69) is 5.48 Å². The minimum absolute atomic E-state index is 0.360. The molecule has 0 radical (unpaired) electrons. The molecule has 1 aliphatic carbocycles. The van der Waals surface area contributed by atoms with Crippen molar-refractivity contribution < 1.29 is 24.2 Å². The molecule has 2 N–H and O–H groups in total. The molecule has 5 atom stereocenters. The highest BCUT2D eigenvalue weighted by Crippen LogP contribution is 2.31. The van der Waals surface area contributed by atoms with Gasteiger partial charge in [0.15, 0.2) is 0 Å². The van der Waals surface area contributed by atoms with E-state index in [0.29, 0.717) is 19.8 Å². The number of hydrogen-bond donors (Lipinski definition) is 2. The lowest BCUT2D eigenvalue weighted by atomic mass is 10.2. The number of ether oxygens (including phenoxy) is 3. The van der Waals surface area contributed by atoms with Gasteiger partial charge >= 0.3 is 0 Å². The van der Waals surface area contributed by atoms with Crippen LogP contribution in [0.2, 0.25) is 0 Å². The summed E-state index contributed by atoms with van der Waals surface area (Å²) in [4.78, 5) is 5.20. The van der Waals surface area contributed by atoms with Gasteiger partial charge in [-0.05, 0) is 16.7 Å². The minimum Gasteiger partial charge on any atom is -0.388 e. The molecule has 4 rings (SSSR count). The average Bonchev–Trinajstić information content (AvgIpc) is 3.12. The first kappa shape index (κ1) is 23.6. The molecule has 0 heterocycles. The Morgan fingerprint density at radius 3 is 1.42 bits per heavy atom. The summed E-state index contributed by atoms with van der Waals surface area (Å²) in [6.07, 6.45) is -2.46. The minimum atomic E-state index is -0.879. The molecule has 0 saturated heterocycles. The fourth-order valence-electron chi connectivity index (χ4n) is 4.14. The molecule has 6 nitrogen and oxygen atoms in total. The fraction of sp³-hybridized carbons (Fsp3) is 0.333. The largest absolute Gasteiger partial charge is 0.388 e. The number of hydroxylamine groups is 1. The van der Waals surface area contributed by atoms with Crippen LogP contribution in [0.3, 0.4) is 0 Å². The van der Waals surface area contributed by atoms with Gasteiger partial charge in [0.2, 0.25) is 0 Å². The Kier molecular flexibility index (Phi) is 8.60. The molecule has 1 saturated carbocycles. The van der Waals surface area contributed by atoms with E-state index in [9.17, 15) is 5.11 Å². The van der Waals surface area contributed by atoms with Crippen LogP contribution < -0.4 is 5.48 Å². The fourth-order valence-corrected chi connectivity index (χ4v) is 4.14. The summed E-state index contributed by atoms with van der Waals surface area (Å²) in [6.45, 7) is 1.13. The van der Waals surface area contributed by atoms with Crippen molar-refractivity contribution in [2.75, 3.05) is 7.11 Å². The Balaban J connectivity index is 1.53. The van der Waals surface area contributed by atoms with Crippen molar-refractivity contribution in [3.63, 3.8) is 0 Å². The van der Waals surface area contributed by atoms with E-state index >= 15 is 0 Å². The first-order valence-electron chi connectivity index (χ1n) is 11.2. The highest BCUT2D eigenvalue weighted by atomic mass is 16.6. The van der Waals surface area contributed by atoms with E-state index in [4.69, 9.17) is 19.0 Å². The molecule has 1 fully saturated rings. The average molecular weight is 450 g/mol. The van der Waals surface area contributed by atoms with Crippen LogP contribution in [0.25, 0.3) is 0 Å². The first-order chi connectivity index (χ1) is 16.3. The van der Waals surface area contributed by atoms with E-state index in [1.54, 1.807) is 0 Å². The molecular formula is C27H31NO5. The topological polar surface area (TPSA) is 69.2 Å². The predicted octanol–water partition coefficient (Wildman–Crippen LogP) is 3.64. The lowest BCUT2D eigenvalue weighted by Crippen LogP contribution is -2.46. The quantitative estimate of drug-likeness (QED) is 0.436. The zero-order chi connectivity index (χ0) is 22.9. The van der Waals surface area contributed by atoms with Crippen LogP contribution in [0.5, 0.6) is 0 Å². The van der Waals surface area contributed by atoms with Crippen LogP contribution in [0.15, 0.2) is 91.0 Å². The second kappa shape index (κ2) is 12.0. The third-order valence-corrected chi connectivity index (χ3v) is 5.82. The molecule has 3 aromatic rings. The van der Waals surface area contributed by atoms with Gasteiger partial charge in [0, 0.05) is 0 Å². The Hall–Kier alpha value is -2.58. The Bertz CT molecular complexity index is 941. The number of benzene rings is 3. The van der Waals surface area contributed by atoms with Crippen LogP contribution in [-0.4, -0.2) is 42.7 Å². The highest BCUT2D eigenvalue weighted by Gasteiger charge is 2.53. The number of nitrogens with one attached hydrogen (secondary N) is 1. The number of rotatable bonds is 11. The lowest BCUT2D eigenvalue weighted by Gasteiger charge is -2.27. The summed E-state index contributed by atoms with van der Waals surface area (Å²) in [6, 6.07) is 29.3. The van der Waals surface area contributed by atoms with Gasteiger partial charge in [0.25, 0.3) is 0 Å². The van der Waals surface area contributed by atoms with Crippen LogP contribution >= 0.6 is 0 Å². The maximum Gasteiger partial charge on any atom is 0.115 e. The third-order valence-electron chi connectivity index (χ3n) is 5.82. The van der Waals surface area contributed by atoms with Gasteiger partial charge in [-0.3, -0.25) is 0 Å². The van der Waals surface area contributed by atoms with Gasteiger partial charge in [-0.2, -0.15) is 5.48 Å². The summed E-state index contributed by atoms with van der Waals surface area (Å²) in [7, 11) is 1.53. The molecule has 0 unspecified atom stereocenters. The molecule has 0 spiro atoms. The zero-order valence-corrected chi connectivity index (χ0v) is 18.7. The maximum absolute atomic E-state index is 11.2. The van der Waals surface area contributed by atoms with Gasteiger partial charge in [-0.15, -0.1) is 0 Å². The summed E-state index contributed by atoms with van der Waals surface area (Å²) in [5.41, 5.74) is 6.01. The molecule has 3 aromatic carbocycles. The van der Waals surface area contributed by atoms with Crippen LogP contribution in [0, 0.1) is 0 Å². The SMILES string of the molecule is CON[C@@H]1[C@H](O)[C@@H](OCc2ccccc2)[C@H](OCc2ccccc2)[C@H]1OCc1ccccc1. The first-order valence-corrected chi connectivity index (χ1v) is 11.2. The summed E-state index contributed by atoms with van der Waals surface area (Å²) in [5, 5.41) is 11.2. The van der Waals surface area contributed by atoms with Crippen molar-refractivity contribution in [1.82, 2.24) is 5.48 Å². The predicted molar refractivity (Wildman–Crippen MR) is 125 cm³/mol. The lowest BCUT2D eigenvalue weighted by molar-refractivity contribution is -0.134. The van der Waals surface area contributed by atoms with Crippen LogP contribution in [0.4, 0.5) is 0 Å². The monoisotopic (exact) mass is 449 g/mol. The molecule has 33 heavy (non-hydrogen) atoms. The van der Waals surface area contributed by atoms with E-state index in [0.717, 1.165) is 16.7 Å². The Morgan fingerprint density at radius 2 is 1.00 bits per heavy atom. The van der Waals surface area contributed by atoms with Gasteiger partial charge in [-0.25, -0.2) is 0 Å². The molecule has 6 heteroatoms. The molecule has 0 aliphatic heterocycles. The maximum atomic E-state index is 11.2. The smallest absolute Gasteiger partial charge is 0.115 e. The zero-order valence-electron chi connectivity index (χ0n) is 18.7. The van der Waals surface area contributed by atoms with E-state index in [1.165, 1.54) is 7.11 Å². The second-order valence-electron chi connectivity index (χ2n) is 8.12. The Morgan fingerprint density at radius 1 is 0.606 bits per heavy atom. The molecule has 0 amide bonds. The second-order valence-corrected chi connectivity index (χ2v) is 8.12. The normalized spacial score (nSPS) is 24.7. The molecule has 0 aromatic heterocycles. The van der Waals surface area contributed by atoms with Crippen molar-refractivity contribution >= 4 is 0 Å². The van der Waals surface area contributed by atoms with E-state index < -0.39 is 30.5 Å². The van der Waals surface area contributed by atoms with E-state index in [-0.39, 0.29) is 0 Å². The van der Waals surface area contributed by atoms with Crippen molar-refractivity contribution in [3.8, 4) is 0 Å². The summed E-state index contributed by atoms with van der Waals surface area (Å²) >= 11 is 0. The molecule has 1 aliphatic rings. The standard InChI is InChI=1S/C27H31NO5/c1-30-28-23-24(29)26(32-18-21-13-7-3-8-14-21)27(33-19-22-15-9-4-10-16-22)25(23)31-17-20-11-5-2-6-12-20/h2-16,23-29H,17-19H2,1H3/t23-,24+,25+,26-,27-/m1/s1. The molecule has 0 bridgehead atoms. The van der Waals surface area contributed by atoms with Crippen molar-refractivity contribution in [2.45, 2.75) is 50.3 Å². The van der Waals surface area contributed by atoms with Gasteiger partial charge < -0.3 is 24.2 Å². The van der Waals surface area contributed by atoms with E-state index in [1.807, 2.05) is 91.0 Å². The van der Waals surface area contributed by atoms with Gasteiger partial charge in [-0.1, -0.05) is 91.0 Å². The number of aliphatic hydroxyl groups is 1. The van der Waals surface area contributed by atoms with Gasteiger partial charge in [0.1, 0.15) is 24.4 Å². The number of aliphatic hydroxyl groups excluding tert-OH is 1.